The average molecular weight is 233 g/mol. The van der Waals surface area contributed by atoms with Crippen molar-refractivity contribution in [3.8, 4) is 0 Å². The average Bonchev–Trinajstić information content (AvgIpc) is 2.29. The van der Waals surface area contributed by atoms with Crippen LogP contribution in [0.15, 0.2) is 30.3 Å². The van der Waals surface area contributed by atoms with Crippen molar-refractivity contribution in [1.29, 1.82) is 0 Å². The molecule has 1 atom stereocenters. The van der Waals surface area contributed by atoms with Gasteiger partial charge in [0.05, 0.1) is 0 Å². The minimum absolute atomic E-state index is 0.168. The molecular weight excluding hydrogens is 222 g/mol. The monoisotopic (exact) mass is 233 g/mol. The third kappa shape index (κ3) is 4.27. The third-order valence-electron chi connectivity index (χ3n) is 2.07. The molecule has 1 amide bonds. The Hall–Kier alpha value is -2.46. The van der Waals surface area contributed by atoms with Crippen molar-refractivity contribution < 1.29 is 19.5 Å². The van der Waals surface area contributed by atoms with Gasteiger partial charge in [0.1, 0.15) is 6.04 Å². The molecule has 0 aliphatic carbocycles. The third-order valence-corrected chi connectivity index (χ3v) is 2.07. The van der Waals surface area contributed by atoms with Crippen molar-refractivity contribution >= 4 is 18.1 Å². The van der Waals surface area contributed by atoms with Crippen LogP contribution in [0.2, 0.25) is 0 Å². The highest BCUT2D eigenvalue weighted by Crippen LogP contribution is 2.03. The number of carbonyl (C=O) groups excluding carboxylic acids is 1. The first-order chi connectivity index (χ1) is 8.13. The van der Waals surface area contributed by atoms with E-state index in [-0.39, 0.29) is 6.42 Å². The maximum Gasteiger partial charge on any atom is 0.344 e. The number of hydrogen-bond acceptors (Lipinski definition) is 2. The van der Waals surface area contributed by atoms with Crippen LogP contribution in [0.4, 0.5) is 0 Å². The van der Waals surface area contributed by atoms with Gasteiger partial charge >= 0.3 is 18.1 Å². The molecule has 1 aromatic carbocycles. The maximum atomic E-state index is 11.1. The molecule has 0 heterocycles. The van der Waals surface area contributed by atoms with Gasteiger partial charge in [-0.25, -0.2) is 4.79 Å². The molecule has 2 N–H and O–H groups in total. The fraction of sp³-hybridized carbons (Fsp3) is 0.182. The molecule has 0 aliphatic rings. The van der Waals surface area contributed by atoms with Crippen LogP contribution in [-0.4, -0.2) is 34.0 Å². The molecule has 0 aliphatic heterocycles. The van der Waals surface area contributed by atoms with Crippen LogP contribution in [0.1, 0.15) is 5.56 Å². The van der Waals surface area contributed by atoms with Gasteiger partial charge in [-0.1, -0.05) is 30.3 Å². The van der Waals surface area contributed by atoms with E-state index < -0.39 is 17.9 Å². The number of benzene rings is 1. The maximum absolute atomic E-state index is 11.1. The van der Waals surface area contributed by atoms with Gasteiger partial charge in [-0.2, -0.15) is 4.79 Å². The summed E-state index contributed by atoms with van der Waals surface area (Å²) in [5, 5.41) is 11.1. The topological polar surface area (TPSA) is 103 Å². The van der Waals surface area contributed by atoms with E-state index in [1.165, 1.54) is 0 Å². The van der Waals surface area contributed by atoms with Crippen molar-refractivity contribution in [1.82, 2.24) is 5.32 Å². The van der Waals surface area contributed by atoms with Crippen LogP contribution in [0.5, 0.6) is 0 Å². The van der Waals surface area contributed by atoms with Crippen molar-refractivity contribution in [3.05, 3.63) is 41.4 Å². The Kier molecular flexibility index (Phi) is 4.59. The van der Waals surface area contributed by atoms with E-state index in [1.807, 2.05) is 6.07 Å². The summed E-state index contributed by atoms with van der Waals surface area (Å²) in [7, 11) is 0. The van der Waals surface area contributed by atoms with Crippen LogP contribution in [-0.2, 0) is 16.0 Å². The summed E-state index contributed by atoms with van der Waals surface area (Å²) >= 11 is 0. The highest BCUT2D eigenvalue weighted by atomic mass is 16.4. The van der Waals surface area contributed by atoms with Crippen molar-refractivity contribution in [2.75, 3.05) is 0 Å². The first-order valence-electron chi connectivity index (χ1n) is 4.88. The van der Waals surface area contributed by atoms with E-state index in [4.69, 9.17) is 10.6 Å². The Morgan fingerprint density at radius 1 is 1.41 bits per heavy atom. The molecule has 1 rings (SSSR count). The minimum Gasteiger partial charge on any atom is -0.480 e. The minimum atomic E-state index is -1.14. The Balaban J connectivity index is 2.71. The lowest BCUT2D eigenvalue weighted by molar-refractivity contribution is -0.141. The van der Waals surface area contributed by atoms with Gasteiger partial charge in [0.25, 0.3) is 0 Å². The summed E-state index contributed by atoms with van der Waals surface area (Å²) in [6, 6.07) is 7.86. The number of carbonyl (C=O) groups is 2. The molecule has 0 spiro atoms. The van der Waals surface area contributed by atoms with Gasteiger partial charge < -0.3 is 16.0 Å². The highest BCUT2D eigenvalue weighted by Gasteiger charge is 2.20. The summed E-state index contributed by atoms with van der Waals surface area (Å²) in [5.74, 6) is -1.90. The largest absolute Gasteiger partial charge is 0.480 e. The van der Waals surface area contributed by atoms with Crippen LogP contribution in [0.25, 0.3) is 5.53 Å². The van der Waals surface area contributed by atoms with Crippen LogP contribution in [0, 0.1) is 0 Å². The van der Waals surface area contributed by atoms with Gasteiger partial charge in [0, 0.05) is 6.42 Å². The first-order valence-corrected chi connectivity index (χ1v) is 4.88. The van der Waals surface area contributed by atoms with Crippen LogP contribution < -0.4 is 5.32 Å². The van der Waals surface area contributed by atoms with Gasteiger partial charge in [0.2, 0.25) is 0 Å². The summed E-state index contributed by atoms with van der Waals surface area (Å²) in [4.78, 5) is 24.5. The lowest BCUT2D eigenvalue weighted by Crippen LogP contribution is -2.42. The molecule has 1 aromatic rings. The molecule has 0 saturated carbocycles. The smallest absolute Gasteiger partial charge is 0.344 e. The fourth-order valence-electron chi connectivity index (χ4n) is 1.31. The molecule has 6 nitrogen and oxygen atoms in total. The molecule has 0 fully saturated rings. The zero-order chi connectivity index (χ0) is 12.7. The second-order valence-corrected chi connectivity index (χ2v) is 3.33. The standard InChI is InChI=1S/C11H11N3O3/c12-13-7-10(15)14-9(11(16)17)6-8-4-2-1-3-5-8/h1-5,7,9H,6H2,(H,14,15)(H,16,17)/t9-/m0/s1. The zero-order valence-corrected chi connectivity index (χ0v) is 8.91. The molecular formula is C11H11N3O3. The number of nitrogens with one attached hydrogen (secondary N) is 1. The van der Waals surface area contributed by atoms with E-state index in [1.54, 1.807) is 24.3 Å². The lowest BCUT2D eigenvalue weighted by atomic mass is 10.1. The zero-order valence-electron chi connectivity index (χ0n) is 8.91. The number of nitrogens with zero attached hydrogens (tertiary/aromatic N) is 2. The Morgan fingerprint density at radius 3 is 2.59 bits per heavy atom. The SMILES string of the molecule is [N-]=[N+]=CC(=O)N[C@@H](Cc1ccccc1)C(=O)O. The summed E-state index contributed by atoms with van der Waals surface area (Å²) in [6.45, 7) is 0. The molecule has 88 valence electrons. The molecule has 0 aromatic heterocycles. The molecule has 0 saturated heterocycles. The summed E-state index contributed by atoms with van der Waals surface area (Å²) in [6.07, 6.45) is 0.780. The first kappa shape index (κ1) is 12.6. The van der Waals surface area contributed by atoms with Crippen LogP contribution >= 0.6 is 0 Å². The second kappa shape index (κ2) is 6.19. The normalized spacial score (nSPS) is 11.1. The van der Waals surface area contributed by atoms with Gasteiger partial charge in [-0.3, -0.25) is 4.79 Å². The molecule has 0 unspecified atom stereocenters. The van der Waals surface area contributed by atoms with Crippen molar-refractivity contribution in [2.24, 2.45) is 0 Å². The van der Waals surface area contributed by atoms with Gasteiger partial charge in [-0.15, -0.1) is 0 Å². The lowest BCUT2D eigenvalue weighted by Gasteiger charge is -2.11. The fourth-order valence-corrected chi connectivity index (χ4v) is 1.31. The highest BCUT2D eigenvalue weighted by molar-refractivity contribution is 6.24. The summed E-state index contributed by atoms with van der Waals surface area (Å²) < 4.78 is 0. The number of aliphatic carboxylic acids is 1. The Morgan fingerprint density at radius 2 is 2.06 bits per heavy atom. The van der Waals surface area contributed by atoms with Crippen molar-refractivity contribution in [2.45, 2.75) is 12.5 Å². The van der Waals surface area contributed by atoms with Crippen LogP contribution in [0.3, 0.4) is 0 Å². The van der Waals surface area contributed by atoms with E-state index >= 15 is 0 Å². The Labute approximate surface area is 97.5 Å². The van der Waals surface area contributed by atoms with E-state index in [9.17, 15) is 9.59 Å². The molecule has 0 radical (unpaired) electrons. The van der Waals surface area contributed by atoms with E-state index in [0.29, 0.717) is 6.21 Å². The molecule has 0 bridgehead atoms. The number of amides is 1. The molecule has 6 heteroatoms. The quantitative estimate of drug-likeness (QED) is 0.428. The van der Waals surface area contributed by atoms with Gasteiger partial charge in [-0.05, 0) is 5.56 Å². The summed E-state index contributed by atoms with van der Waals surface area (Å²) in [5.41, 5.74) is 8.93. The predicted octanol–water partition coefficient (Wildman–Crippen LogP) is 0.0991. The number of hydrogen-bond donors (Lipinski definition) is 2. The number of rotatable bonds is 5. The molecule has 17 heavy (non-hydrogen) atoms. The van der Waals surface area contributed by atoms with Crippen molar-refractivity contribution in [3.63, 3.8) is 0 Å². The predicted molar refractivity (Wildman–Crippen MR) is 59.4 cm³/mol. The number of carboxylic acid groups (broad SMARTS) is 1. The second-order valence-electron chi connectivity index (χ2n) is 3.33. The van der Waals surface area contributed by atoms with Gasteiger partial charge in [0.15, 0.2) is 0 Å². The van der Waals surface area contributed by atoms with E-state index in [2.05, 4.69) is 10.1 Å². The number of carboxylic acids is 1. The van der Waals surface area contributed by atoms with E-state index in [0.717, 1.165) is 5.56 Å². The Bertz CT molecular complexity index is 452.